The monoisotopic (exact) mass is 258 g/mol. The van der Waals surface area contributed by atoms with E-state index in [1.807, 2.05) is 30.3 Å². The van der Waals surface area contributed by atoms with Gasteiger partial charge >= 0.3 is 0 Å². The van der Waals surface area contributed by atoms with Gasteiger partial charge in [0.1, 0.15) is 0 Å². The van der Waals surface area contributed by atoms with Crippen LogP contribution in [0.25, 0.3) is 0 Å². The zero-order valence-corrected chi connectivity index (χ0v) is 10.7. The van der Waals surface area contributed by atoms with Gasteiger partial charge in [0.25, 0.3) is 0 Å². The molecule has 0 saturated heterocycles. The lowest BCUT2D eigenvalue weighted by atomic mass is 10.2. The summed E-state index contributed by atoms with van der Waals surface area (Å²) in [6.45, 7) is 3.58. The summed E-state index contributed by atoms with van der Waals surface area (Å²) < 4.78 is 15.9. The van der Waals surface area contributed by atoms with Crippen molar-refractivity contribution in [3.05, 3.63) is 35.9 Å². The highest BCUT2D eigenvalue weighted by atomic mass is 35.5. The molecule has 0 atom stereocenters. The first-order valence-corrected chi connectivity index (χ1v) is 6.30. The first kappa shape index (κ1) is 14.5. The van der Waals surface area contributed by atoms with E-state index in [1.54, 1.807) is 0 Å². The lowest BCUT2D eigenvalue weighted by molar-refractivity contribution is 0.0131. The SMILES string of the molecule is ClCCOCCOCCOCc1ccccc1. The standard InChI is InChI=1S/C13H19ClO3/c14-6-7-15-8-9-16-10-11-17-12-13-4-2-1-3-5-13/h1-5H,6-12H2. The number of ether oxygens (including phenoxy) is 3. The minimum Gasteiger partial charge on any atom is -0.378 e. The zero-order chi connectivity index (χ0) is 12.2. The van der Waals surface area contributed by atoms with Crippen molar-refractivity contribution in [3.8, 4) is 0 Å². The van der Waals surface area contributed by atoms with Gasteiger partial charge in [0, 0.05) is 5.88 Å². The molecule has 0 N–H and O–H groups in total. The fourth-order valence-electron chi connectivity index (χ4n) is 1.26. The van der Waals surface area contributed by atoms with Gasteiger partial charge in [0.2, 0.25) is 0 Å². The Kier molecular flexibility index (Phi) is 8.96. The molecule has 0 heterocycles. The van der Waals surface area contributed by atoms with E-state index in [0.717, 1.165) is 0 Å². The van der Waals surface area contributed by atoms with E-state index in [1.165, 1.54) is 5.56 Å². The average Bonchev–Trinajstić information content (AvgIpc) is 2.38. The van der Waals surface area contributed by atoms with E-state index in [2.05, 4.69) is 0 Å². The third kappa shape index (κ3) is 8.16. The zero-order valence-electron chi connectivity index (χ0n) is 9.94. The van der Waals surface area contributed by atoms with Crippen molar-refractivity contribution < 1.29 is 14.2 Å². The van der Waals surface area contributed by atoms with E-state index in [0.29, 0.717) is 45.5 Å². The van der Waals surface area contributed by atoms with Crippen LogP contribution in [-0.2, 0) is 20.8 Å². The predicted octanol–water partition coefficient (Wildman–Crippen LogP) is 2.48. The smallest absolute Gasteiger partial charge is 0.0718 e. The van der Waals surface area contributed by atoms with Gasteiger partial charge in [-0.1, -0.05) is 30.3 Å². The average molecular weight is 259 g/mol. The number of halogens is 1. The molecule has 0 aromatic heterocycles. The Morgan fingerprint density at radius 2 is 1.35 bits per heavy atom. The maximum absolute atomic E-state index is 5.46. The molecule has 0 amide bonds. The number of hydrogen-bond donors (Lipinski definition) is 0. The molecule has 0 radical (unpaired) electrons. The molecule has 0 aliphatic carbocycles. The second kappa shape index (κ2) is 10.5. The Morgan fingerprint density at radius 3 is 2.00 bits per heavy atom. The van der Waals surface area contributed by atoms with Crippen LogP contribution in [-0.4, -0.2) is 38.9 Å². The van der Waals surface area contributed by atoms with Crippen molar-refractivity contribution in [1.29, 1.82) is 0 Å². The highest BCUT2D eigenvalue weighted by Gasteiger charge is 1.93. The minimum absolute atomic E-state index is 0.528. The summed E-state index contributed by atoms with van der Waals surface area (Å²) in [6, 6.07) is 10.1. The fraction of sp³-hybridized carbons (Fsp3) is 0.538. The van der Waals surface area contributed by atoms with Crippen molar-refractivity contribution in [2.75, 3.05) is 38.9 Å². The van der Waals surface area contributed by atoms with Gasteiger partial charge in [-0.25, -0.2) is 0 Å². The van der Waals surface area contributed by atoms with Gasteiger partial charge in [-0.05, 0) is 5.56 Å². The largest absolute Gasteiger partial charge is 0.378 e. The molecule has 3 nitrogen and oxygen atoms in total. The Morgan fingerprint density at radius 1 is 0.765 bits per heavy atom. The van der Waals surface area contributed by atoms with Gasteiger partial charge in [-0.15, -0.1) is 11.6 Å². The quantitative estimate of drug-likeness (QED) is 0.477. The van der Waals surface area contributed by atoms with Gasteiger partial charge in [0.15, 0.2) is 0 Å². The summed E-state index contributed by atoms with van der Waals surface area (Å²) >= 11 is 5.46. The summed E-state index contributed by atoms with van der Waals surface area (Å²) in [7, 11) is 0. The third-order valence-corrected chi connectivity index (χ3v) is 2.23. The van der Waals surface area contributed by atoms with Gasteiger partial charge < -0.3 is 14.2 Å². The Bertz CT molecular complexity index is 267. The first-order valence-electron chi connectivity index (χ1n) is 5.76. The molecule has 0 fully saturated rings. The van der Waals surface area contributed by atoms with E-state index in [4.69, 9.17) is 25.8 Å². The third-order valence-electron chi connectivity index (χ3n) is 2.08. The molecule has 0 aliphatic heterocycles. The maximum atomic E-state index is 5.46. The Balaban J connectivity index is 1.85. The molecule has 0 aliphatic rings. The van der Waals surface area contributed by atoms with Crippen molar-refractivity contribution in [1.82, 2.24) is 0 Å². The molecule has 1 rings (SSSR count). The van der Waals surface area contributed by atoms with Crippen LogP contribution in [0, 0.1) is 0 Å². The van der Waals surface area contributed by atoms with Crippen molar-refractivity contribution >= 4 is 11.6 Å². The predicted molar refractivity (Wildman–Crippen MR) is 68.5 cm³/mol. The molecule has 1 aromatic rings. The molecule has 4 heteroatoms. The number of alkyl halides is 1. The van der Waals surface area contributed by atoms with Crippen LogP contribution in [0.15, 0.2) is 30.3 Å². The first-order chi connectivity index (χ1) is 8.43. The summed E-state index contributed by atoms with van der Waals surface area (Å²) in [5.74, 6) is 0.528. The summed E-state index contributed by atoms with van der Waals surface area (Å²) in [6.07, 6.45) is 0. The number of hydrogen-bond acceptors (Lipinski definition) is 3. The molecule has 0 saturated carbocycles. The summed E-state index contributed by atoms with van der Waals surface area (Å²) in [5.41, 5.74) is 1.18. The topological polar surface area (TPSA) is 27.7 Å². The van der Waals surface area contributed by atoms with Crippen LogP contribution in [0.1, 0.15) is 5.56 Å². The minimum atomic E-state index is 0.528. The van der Waals surface area contributed by atoms with Crippen LogP contribution in [0.2, 0.25) is 0 Å². The van der Waals surface area contributed by atoms with Gasteiger partial charge in [0.05, 0.1) is 39.6 Å². The van der Waals surface area contributed by atoms with Crippen LogP contribution >= 0.6 is 11.6 Å². The summed E-state index contributed by atoms with van der Waals surface area (Å²) in [5, 5.41) is 0. The fourth-order valence-corrected chi connectivity index (χ4v) is 1.37. The van der Waals surface area contributed by atoms with Crippen molar-refractivity contribution in [2.45, 2.75) is 6.61 Å². The van der Waals surface area contributed by atoms with Crippen LogP contribution in [0.5, 0.6) is 0 Å². The summed E-state index contributed by atoms with van der Waals surface area (Å²) in [4.78, 5) is 0. The lowest BCUT2D eigenvalue weighted by Crippen LogP contribution is -2.10. The molecule has 96 valence electrons. The Hall–Kier alpha value is -0.610. The molecular formula is C13H19ClO3. The molecule has 1 aromatic carbocycles. The van der Waals surface area contributed by atoms with Crippen molar-refractivity contribution in [3.63, 3.8) is 0 Å². The second-order valence-electron chi connectivity index (χ2n) is 3.45. The van der Waals surface area contributed by atoms with Crippen LogP contribution < -0.4 is 0 Å². The van der Waals surface area contributed by atoms with E-state index < -0.39 is 0 Å². The van der Waals surface area contributed by atoms with E-state index in [9.17, 15) is 0 Å². The van der Waals surface area contributed by atoms with Gasteiger partial charge in [-0.2, -0.15) is 0 Å². The second-order valence-corrected chi connectivity index (χ2v) is 3.83. The normalized spacial score (nSPS) is 10.6. The highest BCUT2D eigenvalue weighted by Crippen LogP contribution is 1.99. The lowest BCUT2D eigenvalue weighted by Gasteiger charge is -2.06. The number of benzene rings is 1. The maximum Gasteiger partial charge on any atom is 0.0718 e. The molecule has 0 spiro atoms. The van der Waals surface area contributed by atoms with Crippen LogP contribution in [0.4, 0.5) is 0 Å². The van der Waals surface area contributed by atoms with E-state index in [-0.39, 0.29) is 0 Å². The molecule has 0 unspecified atom stereocenters. The highest BCUT2D eigenvalue weighted by molar-refractivity contribution is 6.17. The van der Waals surface area contributed by atoms with E-state index >= 15 is 0 Å². The Labute approximate surface area is 108 Å². The molecule has 17 heavy (non-hydrogen) atoms. The van der Waals surface area contributed by atoms with Gasteiger partial charge in [-0.3, -0.25) is 0 Å². The van der Waals surface area contributed by atoms with Crippen LogP contribution in [0.3, 0.4) is 0 Å². The number of rotatable bonds is 10. The molecular weight excluding hydrogens is 240 g/mol. The molecule has 0 bridgehead atoms. The van der Waals surface area contributed by atoms with Crippen molar-refractivity contribution in [2.24, 2.45) is 0 Å².